The fourth-order valence-electron chi connectivity index (χ4n) is 3.87. The summed E-state index contributed by atoms with van der Waals surface area (Å²) in [6, 6.07) is 10.7. The molecule has 0 aliphatic carbocycles. The second kappa shape index (κ2) is 8.64. The first-order valence-electron chi connectivity index (χ1n) is 9.52. The summed E-state index contributed by atoms with van der Waals surface area (Å²) < 4.78 is 44.0. The number of thiophene rings is 1. The van der Waals surface area contributed by atoms with Gasteiger partial charge in [-0.15, -0.1) is 11.3 Å². The van der Waals surface area contributed by atoms with Crippen molar-refractivity contribution >= 4 is 52.0 Å². The van der Waals surface area contributed by atoms with E-state index >= 15 is 0 Å². The standard InChI is InChI=1S/C22H15Cl2F3N2O3S/c23-13-5-3-12(4-6-13)18-17(19(30)16-2-1-11-33-16)21(32,22(25,26)27)29(20(31)28-18)15-9-7-14(24)8-10-15/h1-11,17-18,32H,(H,28,31)/t17-,18-,21-/m0/s1. The van der Waals surface area contributed by atoms with Gasteiger partial charge in [0.05, 0.1) is 10.9 Å². The van der Waals surface area contributed by atoms with E-state index in [9.17, 15) is 27.9 Å². The molecule has 33 heavy (non-hydrogen) atoms. The second-order valence-electron chi connectivity index (χ2n) is 7.33. The number of carbonyl (C=O) groups excluding carboxylic acids is 2. The Morgan fingerprint density at radius 3 is 2.12 bits per heavy atom. The average Bonchev–Trinajstić information content (AvgIpc) is 3.29. The highest BCUT2D eigenvalue weighted by atomic mass is 35.5. The molecule has 2 aromatic carbocycles. The van der Waals surface area contributed by atoms with Crippen LogP contribution in [0.3, 0.4) is 0 Å². The molecule has 3 aromatic rings. The van der Waals surface area contributed by atoms with Crippen LogP contribution in [0.4, 0.5) is 23.7 Å². The molecule has 2 amide bonds. The molecule has 2 heterocycles. The van der Waals surface area contributed by atoms with E-state index < -0.39 is 35.7 Å². The van der Waals surface area contributed by atoms with Crippen LogP contribution in [-0.2, 0) is 0 Å². The molecule has 1 fully saturated rings. The fourth-order valence-corrected chi connectivity index (χ4v) is 4.82. The summed E-state index contributed by atoms with van der Waals surface area (Å²) in [5, 5.41) is 15.9. The minimum Gasteiger partial charge on any atom is -0.362 e. The zero-order valence-corrected chi connectivity index (χ0v) is 18.8. The highest BCUT2D eigenvalue weighted by Gasteiger charge is 2.70. The van der Waals surface area contributed by atoms with E-state index in [1.54, 1.807) is 0 Å². The third-order valence-electron chi connectivity index (χ3n) is 5.37. The van der Waals surface area contributed by atoms with Gasteiger partial charge < -0.3 is 10.4 Å². The summed E-state index contributed by atoms with van der Waals surface area (Å²) in [6.07, 6.45) is -5.40. The molecule has 1 aromatic heterocycles. The smallest absolute Gasteiger partial charge is 0.362 e. The van der Waals surface area contributed by atoms with Crippen LogP contribution in [-0.4, -0.2) is 28.8 Å². The van der Waals surface area contributed by atoms with Crippen molar-refractivity contribution in [2.75, 3.05) is 4.90 Å². The Morgan fingerprint density at radius 1 is 1.03 bits per heavy atom. The number of benzene rings is 2. The van der Waals surface area contributed by atoms with Gasteiger partial charge in [-0.05, 0) is 53.4 Å². The average molecular weight is 515 g/mol. The molecule has 0 bridgehead atoms. The van der Waals surface area contributed by atoms with Gasteiger partial charge in [-0.1, -0.05) is 41.4 Å². The number of urea groups is 1. The van der Waals surface area contributed by atoms with Crippen molar-refractivity contribution in [3.63, 3.8) is 0 Å². The Morgan fingerprint density at radius 2 is 1.61 bits per heavy atom. The third kappa shape index (κ3) is 4.10. The molecule has 3 atom stereocenters. The number of nitrogens with one attached hydrogen (secondary N) is 1. The van der Waals surface area contributed by atoms with Crippen molar-refractivity contribution in [2.24, 2.45) is 5.92 Å². The van der Waals surface area contributed by atoms with Gasteiger partial charge in [-0.2, -0.15) is 13.2 Å². The van der Waals surface area contributed by atoms with Gasteiger partial charge in [0, 0.05) is 15.7 Å². The summed E-state index contributed by atoms with van der Waals surface area (Å²) in [5.74, 6) is -3.10. The molecular weight excluding hydrogens is 500 g/mol. The lowest BCUT2D eigenvalue weighted by Crippen LogP contribution is -2.74. The van der Waals surface area contributed by atoms with E-state index in [2.05, 4.69) is 5.32 Å². The van der Waals surface area contributed by atoms with Gasteiger partial charge in [-0.25, -0.2) is 4.79 Å². The molecule has 172 valence electrons. The summed E-state index contributed by atoms with van der Waals surface area (Å²) in [5.41, 5.74) is -3.97. The van der Waals surface area contributed by atoms with Gasteiger partial charge in [0.25, 0.3) is 5.72 Å². The maximum Gasteiger partial charge on any atom is 0.437 e. The first kappa shape index (κ1) is 23.6. The molecular formula is C22H15Cl2F3N2O3S. The number of aliphatic hydroxyl groups is 1. The lowest BCUT2D eigenvalue weighted by Gasteiger charge is -2.51. The number of amides is 2. The van der Waals surface area contributed by atoms with Crippen LogP contribution in [0.1, 0.15) is 21.3 Å². The molecule has 0 radical (unpaired) electrons. The molecule has 2 N–H and O–H groups in total. The first-order valence-corrected chi connectivity index (χ1v) is 11.2. The van der Waals surface area contributed by atoms with Crippen molar-refractivity contribution in [3.05, 3.63) is 86.5 Å². The molecule has 0 unspecified atom stereocenters. The predicted molar refractivity (Wildman–Crippen MR) is 120 cm³/mol. The van der Waals surface area contributed by atoms with E-state index in [0.717, 1.165) is 23.5 Å². The van der Waals surface area contributed by atoms with Crippen LogP contribution in [0, 0.1) is 5.92 Å². The highest BCUT2D eigenvalue weighted by molar-refractivity contribution is 7.12. The normalized spacial score (nSPS) is 23.3. The van der Waals surface area contributed by atoms with Gasteiger partial charge in [-0.3, -0.25) is 9.69 Å². The Hall–Kier alpha value is -2.59. The van der Waals surface area contributed by atoms with Crippen molar-refractivity contribution in [1.82, 2.24) is 5.32 Å². The van der Waals surface area contributed by atoms with Crippen molar-refractivity contribution < 1.29 is 27.9 Å². The van der Waals surface area contributed by atoms with Gasteiger partial charge >= 0.3 is 12.2 Å². The Labute approximate surface area is 200 Å². The van der Waals surface area contributed by atoms with Crippen molar-refractivity contribution in [3.8, 4) is 0 Å². The quantitative estimate of drug-likeness (QED) is 0.414. The van der Waals surface area contributed by atoms with Gasteiger partial charge in [0.2, 0.25) is 0 Å². The molecule has 11 heteroatoms. The number of ketones is 1. The number of anilines is 1. The Bertz CT molecular complexity index is 1170. The summed E-state index contributed by atoms with van der Waals surface area (Å²) in [7, 11) is 0. The maximum absolute atomic E-state index is 14.7. The lowest BCUT2D eigenvalue weighted by atomic mass is 9.77. The lowest BCUT2D eigenvalue weighted by molar-refractivity contribution is -0.275. The van der Waals surface area contributed by atoms with E-state index in [4.69, 9.17) is 23.2 Å². The van der Waals surface area contributed by atoms with Crippen LogP contribution in [0.25, 0.3) is 0 Å². The topological polar surface area (TPSA) is 69.6 Å². The minimum atomic E-state index is -5.40. The van der Waals surface area contributed by atoms with Crippen LogP contribution >= 0.6 is 34.5 Å². The Balaban J connectivity index is 1.95. The highest BCUT2D eigenvalue weighted by Crippen LogP contribution is 2.50. The van der Waals surface area contributed by atoms with E-state index in [1.165, 1.54) is 53.9 Å². The SMILES string of the molecule is O=C(c1cccs1)[C@@H]1[C@H](c2ccc(Cl)cc2)NC(=O)N(c2ccc(Cl)cc2)[C@@]1(O)C(F)(F)F. The van der Waals surface area contributed by atoms with Gasteiger partial charge in [0.1, 0.15) is 5.92 Å². The number of Topliss-reactive ketones (excluding diaryl/α,β-unsaturated/α-hetero) is 1. The zero-order valence-electron chi connectivity index (χ0n) is 16.5. The molecule has 4 rings (SSSR count). The van der Waals surface area contributed by atoms with Gasteiger partial charge in [0.15, 0.2) is 5.78 Å². The number of nitrogens with zero attached hydrogens (tertiary/aromatic N) is 1. The Kier molecular flexibility index (Phi) is 6.17. The van der Waals surface area contributed by atoms with Crippen LogP contribution < -0.4 is 10.2 Å². The number of alkyl halides is 3. The molecule has 1 saturated heterocycles. The van der Waals surface area contributed by atoms with E-state index in [0.29, 0.717) is 5.02 Å². The van der Waals surface area contributed by atoms with Crippen LogP contribution in [0.5, 0.6) is 0 Å². The summed E-state index contributed by atoms with van der Waals surface area (Å²) in [4.78, 5) is 26.6. The van der Waals surface area contributed by atoms with Crippen LogP contribution in [0.2, 0.25) is 10.0 Å². The number of halogens is 5. The maximum atomic E-state index is 14.7. The monoisotopic (exact) mass is 514 g/mol. The predicted octanol–water partition coefficient (Wildman–Crippen LogP) is 6.08. The number of carbonyl (C=O) groups is 2. The van der Waals surface area contributed by atoms with Crippen LogP contribution in [0.15, 0.2) is 66.0 Å². The molecule has 0 spiro atoms. The zero-order chi connectivity index (χ0) is 24.0. The third-order valence-corrected chi connectivity index (χ3v) is 6.76. The minimum absolute atomic E-state index is 0.00819. The summed E-state index contributed by atoms with van der Waals surface area (Å²) in [6.45, 7) is 0. The first-order chi connectivity index (χ1) is 15.5. The molecule has 1 aliphatic heterocycles. The molecule has 0 saturated carbocycles. The molecule has 1 aliphatic rings. The van der Waals surface area contributed by atoms with Crippen molar-refractivity contribution in [1.29, 1.82) is 0 Å². The van der Waals surface area contributed by atoms with E-state index in [1.807, 2.05) is 0 Å². The second-order valence-corrected chi connectivity index (χ2v) is 9.15. The number of rotatable bonds is 4. The largest absolute Gasteiger partial charge is 0.437 e. The summed E-state index contributed by atoms with van der Waals surface area (Å²) >= 11 is 12.7. The number of hydrogen-bond donors (Lipinski definition) is 2. The molecule has 5 nitrogen and oxygen atoms in total. The fraction of sp³-hybridized carbons (Fsp3) is 0.182. The number of hydrogen-bond acceptors (Lipinski definition) is 4. The van der Waals surface area contributed by atoms with E-state index in [-0.39, 0.29) is 26.1 Å². The van der Waals surface area contributed by atoms with Crippen molar-refractivity contribution in [2.45, 2.75) is 17.9 Å².